The maximum Gasteiger partial charge on any atom is 0.266 e. The Morgan fingerprint density at radius 2 is 1.64 bits per heavy atom. The van der Waals surface area contributed by atoms with Gasteiger partial charge in [0.15, 0.2) is 4.77 Å². The highest BCUT2D eigenvalue weighted by molar-refractivity contribution is 7.71. The number of carbonyl (C=O) groups excluding carboxylic acids is 1. The van der Waals surface area contributed by atoms with Gasteiger partial charge in [-0.15, -0.1) is 0 Å². The summed E-state index contributed by atoms with van der Waals surface area (Å²) in [5, 5.41) is 11.3. The van der Waals surface area contributed by atoms with Crippen LogP contribution in [0.2, 0.25) is 0 Å². The summed E-state index contributed by atoms with van der Waals surface area (Å²) in [6.07, 6.45) is 0. The first kappa shape index (κ1) is 17.7. The van der Waals surface area contributed by atoms with Crippen molar-refractivity contribution in [3.05, 3.63) is 93.5 Å². The minimum absolute atomic E-state index is 0.0299. The van der Waals surface area contributed by atoms with Gasteiger partial charge in [0.05, 0.1) is 22.6 Å². The van der Waals surface area contributed by atoms with Crippen LogP contribution in [-0.2, 0) is 0 Å². The van der Waals surface area contributed by atoms with Crippen molar-refractivity contribution in [3.63, 3.8) is 0 Å². The van der Waals surface area contributed by atoms with E-state index in [0.717, 1.165) is 0 Å². The number of aromatic amines is 1. The second-order valence-electron chi connectivity index (χ2n) is 6.03. The van der Waals surface area contributed by atoms with Gasteiger partial charge in [-0.05, 0) is 66.3 Å². The van der Waals surface area contributed by atoms with E-state index in [9.17, 15) is 14.7 Å². The summed E-state index contributed by atoms with van der Waals surface area (Å²) in [6, 6.07) is 20.4. The summed E-state index contributed by atoms with van der Waals surface area (Å²) >= 11 is 5.31. The Morgan fingerprint density at radius 3 is 2.32 bits per heavy atom. The molecule has 0 unspecified atom stereocenters. The Morgan fingerprint density at radius 1 is 0.964 bits per heavy atom. The normalized spacial score (nSPS) is 10.7. The van der Waals surface area contributed by atoms with E-state index in [1.165, 1.54) is 22.8 Å². The van der Waals surface area contributed by atoms with E-state index >= 15 is 0 Å². The van der Waals surface area contributed by atoms with Crippen LogP contribution in [-0.4, -0.2) is 15.5 Å². The predicted octanol–water partition coefficient (Wildman–Crippen LogP) is 3.20. The number of ether oxygens (including phenoxy) is 1. The molecule has 28 heavy (non-hydrogen) atoms. The second-order valence-corrected chi connectivity index (χ2v) is 6.41. The fourth-order valence-electron chi connectivity index (χ4n) is 2.87. The molecular formula is C21H13N2O4S-. The Kier molecular flexibility index (Phi) is 4.50. The second kappa shape index (κ2) is 7.13. The number of H-pyrrole nitrogens is 1. The van der Waals surface area contributed by atoms with Crippen molar-refractivity contribution in [2.75, 3.05) is 0 Å². The van der Waals surface area contributed by atoms with Crippen molar-refractivity contribution in [1.29, 1.82) is 0 Å². The molecule has 138 valence electrons. The first-order valence-corrected chi connectivity index (χ1v) is 8.77. The number of para-hydroxylation sites is 1. The largest absolute Gasteiger partial charge is 0.545 e. The molecule has 0 spiro atoms. The first-order valence-electron chi connectivity index (χ1n) is 8.37. The van der Waals surface area contributed by atoms with Crippen molar-refractivity contribution < 1.29 is 14.6 Å². The Labute approximate surface area is 164 Å². The van der Waals surface area contributed by atoms with Crippen molar-refractivity contribution in [3.8, 4) is 17.2 Å². The summed E-state index contributed by atoms with van der Waals surface area (Å²) in [7, 11) is 0. The molecule has 0 radical (unpaired) electrons. The van der Waals surface area contributed by atoms with Gasteiger partial charge in [-0.1, -0.05) is 24.3 Å². The van der Waals surface area contributed by atoms with Crippen LogP contribution < -0.4 is 15.4 Å². The van der Waals surface area contributed by atoms with Crippen molar-refractivity contribution in [1.82, 2.24) is 9.55 Å². The highest BCUT2D eigenvalue weighted by Gasteiger charge is 2.09. The molecular weight excluding hydrogens is 376 g/mol. The van der Waals surface area contributed by atoms with Crippen LogP contribution in [0.1, 0.15) is 10.4 Å². The molecule has 1 aromatic heterocycles. The van der Waals surface area contributed by atoms with Crippen LogP contribution in [0.15, 0.2) is 77.6 Å². The molecule has 0 saturated heterocycles. The number of hydrogen-bond donors (Lipinski definition) is 1. The van der Waals surface area contributed by atoms with Crippen LogP contribution in [0.3, 0.4) is 0 Å². The van der Waals surface area contributed by atoms with Crippen molar-refractivity contribution >= 4 is 29.1 Å². The van der Waals surface area contributed by atoms with Crippen molar-refractivity contribution in [2.24, 2.45) is 0 Å². The number of aromatic carboxylic acids is 1. The van der Waals surface area contributed by atoms with E-state index in [2.05, 4.69) is 4.98 Å². The van der Waals surface area contributed by atoms with Gasteiger partial charge in [-0.3, -0.25) is 9.36 Å². The number of nitrogens with zero attached hydrogens (tertiary/aromatic N) is 1. The smallest absolute Gasteiger partial charge is 0.266 e. The molecule has 7 heteroatoms. The summed E-state index contributed by atoms with van der Waals surface area (Å²) < 4.78 is 7.26. The van der Waals surface area contributed by atoms with E-state index < -0.39 is 5.97 Å². The lowest BCUT2D eigenvalue weighted by atomic mass is 10.1. The Balaban J connectivity index is 1.74. The molecule has 4 rings (SSSR count). The Bertz CT molecular complexity index is 1290. The molecule has 1 heterocycles. The highest BCUT2D eigenvalue weighted by atomic mass is 32.1. The molecule has 0 aliphatic carbocycles. The van der Waals surface area contributed by atoms with E-state index in [1.54, 1.807) is 24.3 Å². The number of carboxylic acids is 1. The van der Waals surface area contributed by atoms with Gasteiger partial charge in [0.2, 0.25) is 0 Å². The fraction of sp³-hybridized carbons (Fsp3) is 0. The molecule has 0 aliphatic rings. The number of fused-ring (bicyclic) bond motifs is 1. The number of benzene rings is 3. The third-order valence-electron chi connectivity index (χ3n) is 4.21. The molecule has 0 atom stereocenters. The maximum atomic E-state index is 12.9. The average molecular weight is 389 g/mol. The monoisotopic (exact) mass is 389 g/mol. The van der Waals surface area contributed by atoms with Crippen LogP contribution in [0, 0.1) is 4.77 Å². The van der Waals surface area contributed by atoms with Crippen molar-refractivity contribution in [2.45, 2.75) is 0 Å². The number of hydrogen-bond acceptors (Lipinski definition) is 5. The lowest BCUT2D eigenvalue weighted by molar-refractivity contribution is -0.255. The van der Waals surface area contributed by atoms with Crippen LogP contribution in [0.25, 0.3) is 16.6 Å². The zero-order chi connectivity index (χ0) is 19.7. The van der Waals surface area contributed by atoms with E-state index in [-0.39, 0.29) is 15.9 Å². The third-order valence-corrected chi connectivity index (χ3v) is 4.49. The molecule has 0 bridgehead atoms. The first-order chi connectivity index (χ1) is 13.5. The number of aromatic nitrogens is 2. The molecule has 0 amide bonds. The van der Waals surface area contributed by atoms with Crippen LogP contribution in [0.5, 0.6) is 11.5 Å². The summed E-state index contributed by atoms with van der Waals surface area (Å²) in [5.41, 5.74) is 0.535. The molecule has 1 N–H and O–H groups in total. The number of rotatable bonds is 4. The standard InChI is InChI=1S/C21H14N2O4S/c24-19-17-11-6-13(20(25)26)12-18(17)22-21(28)23(19)14-7-9-16(10-8-14)27-15-4-2-1-3-5-15/h1-12H,(H,22,28)(H,25,26)/p-1. The average Bonchev–Trinajstić information content (AvgIpc) is 2.69. The van der Waals surface area contributed by atoms with E-state index in [4.69, 9.17) is 17.0 Å². The van der Waals surface area contributed by atoms with Gasteiger partial charge in [0.1, 0.15) is 11.5 Å². The summed E-state index contributed by atoms with van der Waals surface area (Å²) in [4.78, 5) is 26.8. The number of carbonyl (C=O) groups is 1. The SMILES string of the molecule is O=C([O-])c1ccc2c(=O)n(-c3ccc(Oc4ccccc4)cc3)c(=S)[nH]c2c1. The third kappa shape index (κ3) is 3.30. The van der Waals surface area contributed by atoms with Gasteiger partial charge < -0.3 is 19.6 Å². The molecule has 0 fully saturated rings. The van der Waals surface area contributed by atoms with Gasteiger partial charge in [0, 0.05) is 0 Å². The molecule has 0 saturated carbocycles. The zero-order valence-corrected chi connectivity index (χ0v) is 15.2. The van der Waals surface area contributed by atoms with Gasteiger partial charge >= 0.3 is 0 Å². The summed E-state index contributed by atoms with van der Waals surface area (Å²) in [5.74, 6) is 0.0100. The van der Waals surface area contributed by atoms with Gasteiger partial charge in [-0.25, -0.2) is 0 Å². The van der Waals surface area contributed by atoms with Gasteiger partial charge in [-0.2, -0.15) is 0 Å². The van der Waals surface area contributed by atoms with Gasteiger partial charge in [0.25, 0.3) is 5.56 Å². The van der Waals surface area contributed by atoms with Crippen LogP contribution >= 0.6 is 12.2 Å². The molecule has 6 nitrogen and oxygen atoms in total. The molecule has 3 aromatic carbocycles. The topological polar surface area (TPSA) is 87.2 Å². The minimum Gasteiger partial charge on any atom is -0.545 e. The molecule has 4 aromatic rings. The lowest BCUT2D eigenvalue weighted by Crippen LogP contribution is -2.23. The number of nitrogens with one attached hydrogen (secondary N) is 1. The summed E-state index contributed by atoms with van der Waals surface area (Å²) in [6.45, 7) is 0. The number of carboxylic acid groups (broad SMARTS) is 1. The quantitative estimate of drug-likeness (QED) is 0.542. The van der Waals surface area contributed by atoms with Crippen LogP contribution in [0.4, 0.5) is 0 Å². The minimum atomic E-state index is -1.32. The lowest BCUT2D eigenvalue weighted by Gasteiger charge is -2.11. The maximum absolute atomic E-state index is 12.9. The Hall–Kier alpha value is -3.71. The zero-order valence-electron chi connectivity index (χ0n) is 14.4. The van der Waals surface area contributed by atoms with E-state index in [0.29, 0.717) is 28.1 Å². The fourth-order valence-corrected chi connectivity index (χ4v) is 3.17. The predicted molar refractivity (Wildman–Crippen MR) is 106 cm³/mol. The highest BCUT2D eigenvalue weighted by Crippen LogP contribution is 2.22. The molecule has 0 aliphatic heterocycles. The van der Waals surface area contributed by atoms with E-state index in [1.807, 2.05) is 30.3 Å².